The Bertz CT molecular complexity index is 513. The molecule has 2 aromatic rings. The van der Waals surface area contributed by atoms with Crippen molar-refractivity contribution in [3.8, 4) is 5.75 Å². The zero-order valence-corrected chi connectivity index (χ0v) is 11.8. The first-order chi connectivity index (χ1) is 8.79. The van der Waals surface area contributed by atoms with Crippen LogP contribution in [0.4, 0.5) is 0 Å². The summed E-state index contributed by atoms with van der Waals surface area (Å²) < 4.78 is 16.7. The SMILES string of the molecule is COCCOCOc1ccc2cc(Br)ccc2c1. The highest BCUT2D eigenvalue weighted by atomic mass is 79.9. The lowest BCUT2D eigenvalue weighted by molar-refractivity contribution is -0.00841. The van der Waals surface area contributed by atoms with Gasteiger partial charge in [-0.3, -0.25) is 0 Å². The van der Waals surface area contributed by atoms with Gasteiger partial charge in [0.25, 0.3) is 0 Å². The van der Waals surface area contributed by atoms with Gasteiger partial charge in [0, 0.05) is 11.6 Å². The molecular formula is C14H15BrO3. The Morgan fingerprint density at radius 2 is 1.78 bits per heavy atom. The van der Waals surface area contributed by atoms with Gasteiger partial charge in [0.15, 0.2) is 6.79 Å². The number of hydrogen-bond acceptors (Lipinski definition) is 3. The van der Waals surface area contributed by atoms with Crippen LogP contribution in [0.25, 0.3) is 10.8 Å². The summed E-state index contributed by atoms with van der Waals surface area (Å²) in [5.41, 5.74) is 0. The van der Waals surface area contributed by atoms with Crippen LogP contribution < -0.4 is 4.74 Å². The molecule has 0 aliphatic carbocycles. The highest BCUT2D eigenvalue weighted by Gasteiger charge is 1.98. The summed E-state index contributed by atoms with van der Waals surface area (Å²) in [6.07, 6.45) is 0. The Morgan fingerprint density at radius 1 is 1.00 bits per heavy atom. The molecule has 0 saturated carbocycles. The predicted octanol–water partition coefficient (Wildman–Crippen LogP) is 3.60. The Morgan fingerprint density at radius 3 is 2.61 bits per heavy atom. The lowest BCUT2D eigenvalue weighted by atomic mass is 10.1. The molecule has 2 aromatic carbocycles. The van der Waals surface area contributed by atoms with Crippen LogP contribution in [0, 0.1) is 0 Å². The van der Waals surface area contributed by atoms with Gasteiger partial charge >= 0.3 is 0 Å². The smallest absolute Gasteiger partial charge is 0.189 e. The highest BCUT2D eigenvalue weighted by molar-refractivity contribution is 9.10. The van der Waals surface area contributed by atoms with Gasteiger partial charge in [0.1, 0.15) is 5.75 Å². The van der Waals surface area contributed by atoms with Gasteiger partial charge in [0.05, 0.1) is 13.2 Å². The molecule has 0 amide bonds. The molecular weight excluding hydrogens is 296 g/mol. The van der Waals surface area contributed by atoms with E-state index in [0.29, 0.717) is 13.2 Å². The van der Waals surface area contributed by atoms with Crippen LogP contribution in [0.1, 0.15) is 0 Å². The Hall–Kier alpha value is -1.10. The molecule has 0 spiro atoms. The number of benzene rings is 2. The zero-order chi connectivity index (χ0) is 12.8. The first-order valence-electron chi connectivity index (χ1n) is 5.68. The topological polar surface area (TPSA) is 27.7 Å². The number of fused-ring (bicyclic) bond motifs is 1. The molecule has 0 aliphatic rings. The fourth-order valence-electron chi connectivity index (χ4n) is 1.60. The molecule has 96 valence electrons. The van der Waals surface area contributed by atoms with Crippen molar-refractivity contribution in [1.29, 1.82) is 0 Å². The number of hydrogen-bond donors (Lipinski definition) is 0. The third-order valence-electron chi connectivity index (χ3n) is 2.51. The summed E-state index contributed by atoms with van der Waals surface area (Å²) in [6, 6.07) is 12.1. The minimum atomic E-state index is 0.241. The van der Waals surface area contributed by atoms with E-state index in [1.54, 1.807) is 7.11 Å². The molecule has 4 heteroatoms. The number of halogens is 1. The molecule has 2 rings (SSSR count). The second-order valence-corrected chi connectivity index (χ2v) is 4.73. The van der Waals surface area contributed by atoms with Crippen molar-refractivity contribution in [2.24, 2.45) is 0 Å². The van der Waals surface area contributed by atoms with Crippen molar-refractivity contribution < 1.29 is 14.2 Å². The van der Waals surface area contributed by atoms with Crippen molar-refractivity contribution in [2.45, 2.75) is 0 Å². The summed E-state index contributed by atoms with van der Waals surface area (Å²) in [7, 11) is 1.64. The van der Waals surface area contributed by atoms with Crippen LogP contribution in [-0.4, -0.2) is 27.1 Å². The average molecular weight is 311 g/mol. The van der Waals surface area contributed by atoms with Gasteiger partial charge in [-0.2, -0.15) is 0 Å². The second-order valence-electron chi connectivity index (χ2n) is 3.82. The van der Waals surface area contributed by atoms with E-state index in [-0.39, 0.29) is 6.79 Å². The molecule has 0 heterocycles. The molecule has 3 nitrogen and oxygen atoms in total. The van der Waals surface area contributed by atoms with Crippen LogP contribution in [0.5, 0.6) is 5.75 Å². The van der Waals surface area contributed by atoms with E-state index >= 15 is 0 Å². The molecule has 0 unspecified atom stereocenters. The van der Waals surface area contributed by atoms with Crippen LogP contribution in [-0.2, 0) is 9.47 Å². The maximum absolute atomic E-state index is 5.50. The van der Waals surface area contributed by atoms with Crippen molar-refractivity contribution >= 4 is 26.7 Å². The third kappa shape index (κ3) is 3.70. The third-order valence-corrected chi connectivity index (χ3v) is 3.01. The molecule has 0 saturated heterocycles. The molecule has 0 fully saturated rings. The van der Waals surface area contributed by atoms with Crippen LogP contribution >= 0.6 is 15.9 Å². The van der Waals surface area contributed by atoms with Crippen LogP contribution in [0.2, 0.25) is 0 Å². The molecule has 0 aromatic heterocycles. The van der Waals surface area contributed by atoms with E-state index in [9.17, 15) is 0 Å². The molecule has 0 radical (unpaired) electrons. The Balaban J connectivity index is 1.95. The summed E-state index contributed by atoms with van der Waals surface area (Å²) in [5, 5.41) is 2.32. The first kappa shape index (κ1) is 13.3. The van der Waals surface area contributed by atoms with Gasteiger partial charge in [0.2, 0.25) is 0 Å². The van der Waals surface area contributed by atoms with Crippen LogP contribution in [0.15, 0.2) is 40.9 Å². The Labute approximate surface area is 115 Å². The van der Waals surface area contributed by atoms with Gasteiger partial charge in [-0.05, 0) is 35.0 Å². The van der Waals surface area contributed by atoms with Crippen molar-refractivity contribution in [3.05, 3.63) is 40.9 Å². The second kappa shape index (κ2) is 6.73. The van der Waals surface area contributed by atoms with Crippen molar-refractivity contribution in [3.63, 3.8) is 0 Å². The standard InChI is InChI=1S/C14H15BrO3/c1-16-6-7-17-10-18-14-5-3-11-8-13(15)4-2-12(11)9-14/h2-5,8-9H,6-7,10H2,1H3. The lowest BCUT2D eigenvalue weighted by Gasteiger charge is -2.08. The van der Waals surface area contributed by atoms with Crippen molar-refractivity contribution in [1.82, 2.24) is 0 Å². The molecule has 0 N–H and O–H groups in total. The number of methoxy groups -OCH3 is 1. The van der Waals surface area contributed by atoms with Gasteiger partial charge in [-0.15, -0.1) is 0 Å². The first-order valence-corrected chi connectivity index (χ1v) is 6.48. The summed E-state index contributed by atoms with van der Waals surface area (Å²) in [6.45, 7) is 1.36. The monoisotopic (exact) mass is 310 g/mol. The quantitative estimate of drug-likeness (QED) is 0.602. The van der Waals surface area contributed by atoms with E-state index in [1.807, 2.05) is 24.3 Å². The van der Waals surface area contributed by atoms with Crippen LogP contribution in [0.3, 0.4) is 0 Å². The minimum absolute atomic E-state index is 0.241. The zero-order valence-electron chi connectivity index (χ0n) is 10.2. The molecule has 18 heavy (non-hydrogen) atoms. The maximum Gasteiger partial charge on any atom is 0.189 e. The van der Waals surface area contributed by atoms with E-state index in [0.717, 1.165) is 15.6 Å². The Kier molecular flexibility index (Phi) is 4.99. The van der Waals surface area contributed by atoms with Gasteiger partial charge in [-0.25, -0.2) is 0 Å². The number of ether oxygens (including phenoxy) is 3. The van der Waals surface area contributed by atoms with E-state index in [1.165, 1.54) is 5.39 Å². The average Bonchev–Trinajstić information content (AvgIpc) is 2.38. The molecule has 0 atom stereocenters. The fraction of sp³-hybridized carbons (Fsp3) is 0.286. The van der Waals surface area contributed by atoms with E-state index in [2.05, 4.69) is 28.1 Å². The predicted molar refractivity (Wildman–Crippen MR) is 75.0 cm³/mol. The normalized spacial score (nSPS) is 10.8. The van der Waals surface area contributed by atoms with Crippen molar-refractivity contribution in [2.75, 3.05) is 27.1 Å². The van der Waals surface area contributed by atoms with Gasteiger partial charge in [-0.1, -0.05) is 28.1 Å². The molecule has 0 bridgehead atoms. The number of rotatable bonds is 6. The summed E-state index contributed by atoms with van der Waals surface area (Å²) >= 11 is 3.45. The summed E-state index contributed by atoms with van der Waals surface area (Å²) in [4.78, 5) is 0. The lowest BCUT2D eigenvalue weighted by Crippen LogP contribution is -2.07. The van der Waals surface area contributed by atoms with E-state index in [4.69, 9.17) is 14.2 Å². The molecule has 0 aliphatic heterocycles. The summed E-state index contributed by atoms with van der Waals surface area (Å²) in [5.74, 6) is 0.808. The largest absolute Gasteiger partial charge is 0.468 e. The fourth-order valence-corrected chi connectivity index (χ4v) is 1.97. The van der Waals surface area contributed by atoms with Gasteiger partial charge < -0.3 is 14.2 Å². The maximum atomic E-state index is 5.50. The minimum Gasteiger partial charge on any atom is -0.468 e. The highest BCUT2D eigenvalue weighted by Crippen LogP contribution is 2.24. The van der Waals surface area contributed by atoms with E-state index < -0.39 is 0 Å².